The third kappa shape index (κ3) is 3.13. The molecule has 0 aliphatic heterocycles. The van der Waals surface area contributed by atoms with Gasteiger partial charge in [-0.25, -0.2) is 0 Å². The van der Waals surface area contributed by atoms with Crippen LogP contribution in [-0.2, 0) is 5.41 Å². The largest absolute Gasteiger partial charge is 0.504 e. The van der Waals surface area contributed by atoms with Crippen LogP contribution in [0.5, 0.6) is 11.5 Å². The number of rotatable bonds is 1. The summed E-state index contributed by atoms with van der Waals surface area (Å²) in [6.45, 7) is 16.9. The average Bonchev–Trinajstić information content (AvgIpc) is 3.35. The summed E-state index contributed by atoms with van der Waals surface area (Å²) in [4.78, 5) is 3.59. The molecule has 3 saturated carbocycles. The molecule has 212 valence electrons. The van der Waals surface area contributed by atoms with Gasteiger partial charge in [0.05, 0.1) is 0 Å². The molecule has 7 rings (SSSR count). The van der Waals surface area contributed by atoms with E-state index in [9.17, 15) is 10.2 Å². The van der Waals surface area contributed by atoms with Gasteiger partial charge in [0.25, 0.3) is 0 Å². The smallest absolute Gasteiger partial charge is 0.160 e. The lowest BCUT2D eigenvalue weighted by molar-refractivity contribution is -0.145. The van der Waals surface area contributed by atoms with Crippen molar-refractivity contribution in [3.63, 3.8) is 0 Å². The number of benzene rings is 2. The Hall–Kier alpha value is -2.68. The molecule has 3 heteroatoms. The fourth-order valence-corrected chi connectivity index (χ4v) is 10.6. The number of allylic oxidation sites excluding steroid dienone is 2. The van der Waals surface area contributed by atoms with E-state index >= 15 is 0 Å². The molecule has 1 aromatic heterocycles. The zero-order valence-corrected chi connectivity index (χ0v) is 25.5. The summed E-state index contributed by atoms with van der Waals surface area (Å²) in [5, 5.41) is 23.2. The van der Waals surface area contributed by atoms with Crippen molar-refractivity contribution >= 4 is 10.9 Å². The molecule has 3 nitrogen and oxygen atoms in total. The molecule has 0 saturated heterocycles. The first-order valence-electron chi connectivity index (χ1n) is 15.7. The lowest BCUT2D eigenvalue weighted by Crippen LogP contribution is -2.61. The number of phenolic OH excluding ortho intramolecular Hbond substituents is 2. The van der Waals surface area contributed by atoms with Crippen molar-refractivity contribution in [2.75, 3.05) is 0 Å². The SMILES string of the molecule is Cc1c(O)c(O)cc2c1[C@H](c1c[nH]c3c(C)cccc13)C=C1[C@@]2(C)CC[C@@]2(C)C3C[C@@H](C)CC[C@]3(C)CC[C@]12C. The van der Waals surface area contributed by atoms with Gasteiger partial charge in [-0.2, -0.15) is 0 Å². The molecule has 3 fully saturated rings. The number of aromatic hydroxyl groups is 2. The summed E-state index contributed by atoms with van der Waals surface area (Å²) in [6.07, 6.45) is 13.7. The standard InChI is InChI=1S/C37H47NO2/c1-21-11-12-34(4)13-15-37(7)30-18-25(26-20-38-32-22(2)9-8-10-24(26)32)31-23(3)33(40)28(39)19-27(31)35(30,5)14-16-36(37,6)29(34)17-21/h8-10,18-21,25,29,38-40H,11-17H2,1-7H3/t21-,25-,29?,34+,35-,36-,37+/m0/s1. The maximum Gasteiger partial charge on any atom is 0.160 e. The van der Waals surface area contributed by atoms with E-state index in [-0.39, 0.29) is 33.7 Å². The van der Waals surface area contributed by atoms with Crippen molar-refractivity contribution < 1.29 is 10.2 Å². The molecule has 4 aliphatic rings. The van der Waals surface area contributed by atoms with Crippen LogP contribution in [0, 0.1) is 41.9 Å². The Morgan fingerprint density at radius 2 is 1.73 bits per heavy atom. The van der Waals surface area contributed by atoms with E-state index in [2.05, 4.69) is 77.0 Å². The van der Waals surface area contributed by atoms with Crippen molar-refractivity contribution in [3.05, 3.63) is 69.9 Å². The van der Waals surface area contributed by atoms with E-state index < -0.39 is 0 Å². The second kappa shape index (κ2) is 8.20. The first kappa shape index (κ1) is 26.2. The van der Waals surface area contributed by atoms with E-state index in [1.807, 2.05) is 13.0 Å². The van der Waals surface area contributed by atoms with E-state index in [1.54, 1.807) is 5.57 Å². The molecule has 3 aromatic rings. The number of para-hydroxylation sites is 1. The summed E-state index contributed by atoms with van der Waals surface area (Å²) in [6, 6.07) is 8.47. The molecule has 4 aliphatic carbocycles. The van der Waals surface area contributed by atoms with Gasteiger partial charge in [0.1, 0.15) is 0 Å². The maximum atomic E-state index is 11.0. The zero-order chi connectivity index (χ0) is 28.4. The van der Waals surface area contributed by atoms with Crippen molar-refractivity contribution in [1.82, 2.24) is 4.98 Å². The Balaban J connectivity index is 1.49. The highest BCUT2D eigenvalue weighted by Gasteiger charge is 2.65. The molecule has 40 heavy (non-hydrogen) atoms. The molecule has 0 bridgehead atoms. The molecule has 2 aromatic carbocycles. The van der Waals surface area contributed by atoms with Crippen LogP contribution in [0.4, 0.5) is 0 Å². The Labute approximate surface area is 240 Å². The fourth-order valence-electron chi connectivity index (χ4n) is 10.6. The minimum Gasteiger partial charge on any atom is -0.504 e. The molecular weight excluding hydrogens is 490 g/mol. The van der Waals surface area contributed by atoms with Crippen LogP contribution >= 0.6 is 0 Å². The number of hydrogen-bond acceptors (Lipinski definition) is 2. The highest BCUT2D eigenvalue weighted by Crippen LogP contribution is 2.74. The summed E-state index contributed by atoms with van der Waals surface area (Å²) >= 11 is 0. The number of H-pyrrole nitrogens is 1. The number of aromatic nitrogens is 1. The monoisotopic (exact) mass is 537 g/mol. The maximum absolute atomic E-state index is 11.0. The van der Waals surface area contributed by atoms with Crippen LogP contribution in [0.3, 0.4) is 0 Å². The molecule has 0 amide bonds. The topological polar surface area (TPSA) is 56.2 Å². The minimum absolute atomic E-state index is 0.0167. The molecule has 7 atom stereocenters. The van der Waals surface area contributed by atoms with Crippen LogP contribution < -0.4 is 0 Å². The Bertz CT molecular complexity index is 1580. The second-order valence-corrected chi connectivity index (χ2v) is 15.3. The first-order valence-corrected chi connectivity index (χ1v) is 15.7. The van der Waals surface area contributed by atoms with Crippen LogP contribution in [0.1, 0.15) is 113 Å². The number of phenols is 2. The molecule has 1 heterocycles. The van der Waals surface area contributed by atoms with Crippen molar-refractivity contribution in [3.8, 4) is 11.5 Å². The number of fused-ring (bicyclic) bond motifs is 8. The van der Waals surface area contributed by atoms with E-state index in [1.165, 1.54) is 71.7 Å². The summed E-state index contributed by atoms with van der Waals surface area (Å²) < 4.78 is 0. The third-order valence-electron chi connectivity index (χ3n) is 13.3. The highest BCUT2D eigenvalue weighted by atomic mass is 16.3. The number of aryl methyl sites for hydroxylation is 1. The van der Waals surface area contributed by atoms with Gasteiger partial charge >= 0.3 is 0 Å². The van der Waals surface area contributed by atoms with Gasteiger partial charge in [0, 0.05) is 28.4 Å². The highest BCUT2D eigenvalue weighted by molar-refractivity contribution is 5.87. The Morgan fingerprint density at radius 3 is 2.50 bits per heavy atom. The van der Waals surface area contributed by atoms with Crippen LogP contribution in [0.15, 0.2) is 42.1 Å². The van der Waals surface area contributed by atoms with Crippen LogP contribution in [0.2, 0.25) is 0 Å². The summed E-state index contributed by atoms with van der Waals surface area (Å²) in [5.74, 6) is 1.60. The zero-order valence-electron chi connectivity index (χ0n) is 25.5. The van der Waals surface area contributed by atoms with Gasteiger partial charge in [-0.05, 0) is 114 Å². The van der Waals surface area contributed by atoms with Crippen LogP contribution in [0.25, 0.3) is 10.9 Å². The van der Waals surface area contributed by atoms with Gasteiger partial charge in [-0.1, -0.05) is 70.9 Å². The summed E-state index contributed by atoms with van der Waals surface area (Å²) in [7, 11) is 0. The number of hydrogen-bond donors (Lipinski definition) is 3. The second-order valence-electron chi connectivity index (χ2n) is 15.3. The molecular formula is C37H47NO2. The Kier molecular flexibility index (Phi) is 5.38. The molecule has 1 unspecified atom stereocenters. The van der Waals surface area contributed by atoms with Crippen LogP contribution in [-0.4, -0.2) is 15.2 Å². The average molecular weight is 538 g/mol. The van der Waals surface area contributed by atoms with Gasteiger partial charge < -0.3 is 15.2 Å². The minimum atomic E-state index is -0.161. The molecule has 0 spiro atoms. The van der Waals surface area contributed by atoms with E-state index in [0.29, 0.717) is 5.41 Å². The first-order chi connectivity index (χ1) is 18.8. The summed E-state index contributed by atoms with van der Waals surface area (Å²) in [5.41, 5.74) is 9.11. The van der Waals surface area contributed by atoms with Gasteiger partial charge in [0.15, 0.2) is 11.5 Å². The van der Waals surface area contributed by atoms with Gasteiger partial charge in [-0.3, -0.25) is 0 Å². The third-order valence-corrected chi connectivity index (χ3v) is 13.3. The molecule has 3 N–H and O–H groups in total. The quantitative estimate of drug-likeness (QED) is 0.214. The van der Waals surface area contributed by atoms with E-state index in [0.717, 1.165) is 23.8 Å². The lowest BCUT2D eigenvalue weighted by Gasteiger charge is -2.69. The van der Waals surface area contributed by atoms with Crippen molar-refractivity contribution in [2.45, 2.75) is 105 Å². The van der Waals surface area contributed by atoms with E-state index in [4.69, 9.17) is 0 Å². The van der Waals surface area contributed by atoms with Crippen molar-refractivity contribution in [2.24, 2.45) is 28.1 Å². The Morgan fingerprint density at radius 1 is 0.950 bits per heavy atom. The van der Waals surface area contributed by atoms with Crippen molar-refractivity contribution in [1.29, 1.82) is 0 Å². The predicted octanol–water partition coefficient (Wildman–Crippen LogP) is 9.57. The van der Waals surface area contributed by atoms with Gasteiger partial charge in [0.2, 0.25) is 0 Å². The lowest BCUT2D eigenvalue weighted by atomic mass is 9.35. The number of nitrogens with one attached hydrogen (secondary N) is 1. The number of aromatic amines is 1. The predicted molar refractivity (Wildman–Crippen MR) is 164 cm³/mol. The van der Waals surface area contributed by atoms with Gasteiger partial charge in [-0.15, -0.1) is 0 Å². The normalized spacial score (nSPS) is 38.7. The fraction of sp³-hybridized carbons (Fsp3) is 0.568. The molecule has 0 radical (unpaired) electrons.